The first kappa shape index (κ1) is 14.0. The van der Waals surface area contributed by atoms with E-state index in [0.29, 0.717) is 12.4 Å². The van der Waals surface area contributed by atoms with Crippen LogP contribution < -0.4 is 5.32 Å². The first-order valence-corrected chi connectivity index (χ1v) is 6.24. The molecule has 0 aliphatic carbocycles. The maximum Gasteiger partial charge on any atom is 0.337 e. The number of para-hydroxylation sites is 1. The van der Waals surface area contributed by atoms with Crippen LogP contribution in [0.5, 0.6) is 0 Å². The van der Waals surface area contributed by atoms with Gasteiger partial charge in [-0.3, -0.25) is 0 Å². The number of nitrogens with zero attached hydrogens (tertiary/aromatic N) is 1. The van der Waals surface area contributed by atoms with Gasteiger partial charge in [0.15, 0.2) is 0 Å². The predicted octanol–water partition coefficient (Wildman–Crippen LogP) is 2.71. The number of aromatic carboxylic acids is 1. The van der Waals surface area contributed by atoms with Gasteiger partial charge in [0.05, 0.1) is 12.2 Å². The highest BCUT2D eigenvalue weighted by Crippen LogP contribution is 2.20. The Labute approximate surface area is 117 Å². The van der Waals surface area contributed by atoms with Gasteiger partial charge in [0, 0.05) is 19.0 Å². The summed E-state index contributed by atoms with van der Waals surface area (Å²) in [7, 11) is 1.67. The van der Waals surface area contributed by atoms with Crippen molar-refractivity contribution in [3.8, 4) is 0 Å². The van der Waals surface area contributed by atoms with Crippen LogP contribution in [-0.4, -0.2) is 29.8 Å². The number of aromatic nitrogens is 1. The van der Waals surface area contributed by atoms with Crippen molar-refractivity contribution < 1.29 is 14.6 Å². The number of carboxylic acids is 1. The Balaban J connectivity index is 2.14. The van der Waals surface area contributed by atoms with Gasteiger partial charge in [0.1, 0.15) is 5.82 Å². The number of nitrogens with one attached hydrogen (secondary N) is 1. The fourth-order valence-corrected chi connectivity index (χ4v) is 1.80. The maximum atomic E-state index is 10.8. The molecule has 2 aromatic rings. The smallest absolute Gasteiger partial charge is 0.337 e. The topological polar surface area (TPSA) is 71.5 Å². The van der Waals surface area contributed by atoms with E-state index in [1.54, 1.807) is 13.2 Å². The first-order valence-electron chi connectivity index (χ1n) is 6.24. The molecule has 1 heterocycles. The van der Waals surface area contributed by atoms with Gasteiger partial charge in [-0.2, -0.15) is 0 Å². The highest BCUT2D eigenvalue weighted by Gasteiger charge is 2.05. The van der Waals surface area contributed by atoms with Crippen molar-refractivity contribution in [3.63, 3.8) is 0 Å². The van der Waals surface area contributed by atoms with Gasteiger partial charge in [0.2, 0.25) is 0 Å². The summed E-state index contributed by atoms with van der Waals surface area (Å²) in [5.41, 5.74) is 2.24. The second-order valence-electron chi connectivity index (χ2n) is 4.26. The van der Waals surface area contributed by atoms with Gasteiger partial charge >= 0.3 is 5.97 Å². The normalized spacial score (nSPS) is 10.2. The van der Waals surface area contributed by atoms with Crippen LogP contribution in [0.4, 0.5) is 11.5 Å². The number of ether oxygens (including phenoxy) is 1. The minimum Gasteiger partial charge on any atom is -0.478 e. The van der Waals surface area contributed by atoms with Crippen LogP contribution in [0.25, 0.3) is 0 Å². The van der Waals surface area contributed by atoms with Crippen LogP contribution in [0.2, 0.25) is 0 Å². The minimum absolute atomic E-state index is 0.170. The molecule has 1 aromatic heterocycles. The predicted molar refractivity (Wildman–Crippen MR) is 76.5 cm³/mol. The molecule has 0 fully saturated rings. The lowest BCUT2D eigenvalue weighted by molar-refractivity contribution is 0.0696. The van der Waals surface area contributed by atoms with E-state index in [9.17, 15) is 4.79 Å². The molecule has 0 aliphatic heterocycles. The Hall–Kier alpha value is -2.40. The lowest BCUT2D eigenvalue weighted by atomic mass is 10.1. The van der Waals surface area contributed by atoms with Crippen LogP contribution in [0.1, 0.15) is 15.9 Å². The zero-order chi connectivity index (χ0) is 14.4. The van der Waals surface area contributed by atoms with Crippen molar-refractivity contribution in [3.05, 3.63) is 53.7 Å². The monoisotopic (exact) mass is 272 g/mol. The summed E-state index contributed by atoms with van der Waals surface area (Å²) < 4.78 is 5.08. The van der Waals surface area contributed by atoms with Gasteiger partial charge in [-0.15, -0.1) is 0 Å². The van der Waals surface area contributed by atoms with E-state index < -0.39 is 5.97 Å². The van der Waals surface area contributed by atoms with E-state index in [1.165, 1.54) is 12.3 Å². The molecule has 2 rings (SSSR count). The second kappa shape index (κ2) is 6.68. The number of carbonyl (C=O) groups is 1. The van der Waals surface area contributed by atoms with E-state index in [-0.39, 0.29) is 5.56 Å². The molecule has 0 unspecified atom stereocenters. The number of hydrogen-bond acceptors (Lipinski definition) is 4. The van der Waals surface area contributed by atoms with Gasteiger partial charge in [-0.1, -0.05) is 18.2 Å². The maximum absolute atomic E-state index is 10.8. The highest BCUT2D eigenvalue weighted by atomic mass is 16.5. The molecule has 0 radical (unpaired) electrons. The van der Waals surface area contributed by atoms with E-state index in [4.69, 9.17) is 9.84 Å². The van der Waals surface area contributed by atoms with Crippen LogP contribution in [-0.2, 0) is 11.2 Å². The van der Waals surface area contributed by atoms with E-state index in [2.05, 4.69) is 10.3 Å². The molecule has 5 nitrogen and oxygen atoms in total. The Morgan fingerprint density at radius 2 is 2.10 bits per heavy atom. The van der Waals surface area contributed by atoms with Crippen LogP contribution in [0.15, 0.2) is 42.6 Å². The van der Waals surface area contributed by atoms with Crippen molar-refractivity contribution in [2.45, 2.75) is 6.42 Å². The Bertz CT molecular complexity index is 582. The fourth-order valence-electron chi connectivity index (χ4n) is 1.80. The number of anilines is 2. The number of methoxy groups -OCH3 is 1. The molecule has 0 saturated heterocycles. The average Bonchev–Trinajstić information content (AvgIpc) is 2.47. The van der Waals surface area contributed by atoms with E-state index in [1.807, 2.05) is 24.3 Å². The third kappa shape index (κ3) is 3.55. The zero-order valence-corrected chi connectivity index (χ0v) is 11.2. The molecule has 0 saturated carbocycles. The minimum atomic E-state index is -0.982. The Morgan fingerprint density at radius 3 is 2.75 bits per heavy atom. The van der Waals surface area contributed by atoms with Crippen molar-refractivity contribution >= 4 is 17.5 Å². The van der Waals surface area contributed by atoms with Crippen LogP contribution in [0, 0.1) is 0 Å². The molecule has 0 atom stereocenters. The lowest BCUT2D eigenvalue weighted by Gasteiger charge is -2.11. The Morgan fingerprint density at radius 1 is 1.30 bits per heavy atom. The fraction of sp³-hybridized carbons (Fsp3) is 0.200. The Kier molecular flexibility index (Phi) is 4.68. The molecular weight excluding hydrogens is 256 g/mol. The summed E-state index contributed by atoms with van der Waals surface area (Å²) in [6.45, 7) is 0.643. The number of carboxylic acid groups (broad SMARTS) is 1. The van der Waals surface area contributed by atoms with E-state index >= 15 is 0 Å². The van der Waals surface area contributed by atoms with Gasteiger partial charge in [-0.05, 0) is 30.2 Å². The van der Waals surface area contributed by atoms with Gasteiger partial charge < -0.3 is 15.2 Å². The lowest BCUT2D eigenvalue weighted by Crippen LogP contribution is -2.02. The van der Waals surface area contributed by atoms with E-state index in [0.717, 1.165) is 17.7 Å². The summed E-state index contributed by atoms with van der Waals surface area (Å²) in [6.07, 6.45) is 2.13. The number of benzene rings is 1. The summed E-state index contributed by atoms with van der Waals surface area (Å²) >= 11 is 0. The molecule has 0 spiro atoms. The quantitative estimate of drug-likeness (QED) is 0.846. The third-order valence-electron chi connectivity index (χ3n) is 2.87. The standard InChI is InChI=1S/C15H16N2O3/c1-20-9-8-11-4-2-3-5-13(11)17-14-7-6-12(10-16-14)15(18)19/h2-7,10H,8-9H2,1H3,(H,16,17)(H,18,19). The molecule has 0 amide bonds. The summed E-state index contributed by atoms with van der Waals surface area (Å²) in [6, 6.07) is 11.1. The zero-order valence-electron chi connectivity index (χ0n) is 11.2. The van der Waals surface area contributed by atoms with Gasteiger partial charge in [-0.25, -0.2) is 9.78 Å². The molecule has 5 heteroatoms. The molecule has 2 N–H and O–H groups in total. The molecule has 0 bridgehead atoms. The largest absolute Gasteiger partial charge is 0.478 e. The molecule has 0 aliphatic rings. The SMILES string of the molecule is COCCc1ccccc1Nc1ccc(C(=O)O)cn1. The average molecular weight is 272 g/mol. The first-order chi connectivity index (χ1) is 9.70. The van der Waals surface area contributed by atoms with Crippen molar-refractivity contribution in [1.82, 2.24) is 4.98 Å². The van der Waals surface area contributed by atoms with Crippen molar-refractivity contribution in [2.75, 3.05) is 19.0 Å². The third-order valence-corrected chi connectivity index (χ3v) is 2.87. The summed E-state index contributed by atoms with van der Waals surface area (Å²) in [4.78, 5) is 14.9. The van der Waals surface area contributed by atoms with Crippen LogP contribution >= 0.6 is 0 Å². The van der Waals surface area contributed by atoms with Crippen molar-refractivity contribution in [1.29, 1.82) is 0 Å². The molecule has 20 heavy (non-hydrogen) atoms. The van der Waals surface area contributed by atoms with Gasteiger partial charge in [0.25, 0.3) is 0 Å². The number of pyridine rings is 1. The molecular formula is C15H16N2O3. The summed E-state index contributed by atoms with van der Waals surface area (Å²) in [5, 5.41) is 12.0. The number of hydrogen-bond donors (Lipinski definition) is 2. The van der Waals surface area contributed by atoms with Crippen LogP contribution in [0.3, 0.4) is 0 Å². The second-order valence-corrected chi connectivity index (χ2v) is 4.26. The molecule has 1 aromatic carbocycles. The van der Waals surface area contributed by atoms with Crippen molar-refractivity contribution in [2.24, 2.45) is 0 Å². The summed E-state index contributed by atoms with van der Waals surface area (Å²) in [5.74, 6) is -0.371. The highest BCUT2D eigenvalue weighted by molar-refractivity contribution is 5.87. The number of rotatable bonds is 6. The molecule has 104 valence electrons.